The van der Waals surface area contributed by atoms with Crippen LogP contribution < -0.4 is 9.46 Å². The van der Waals surface area contributed by atoms with Gasteiger partial charge in [0.2, 0.25) is 15.9 Å². The molecule has 2 aromatic carbocycles. The Labute approximate surface area is 184 Å². The molecule has 0 aliphatic rings. The van der Waals surface area contributed by atoms with E-state index in [0.717, 1.165) is 11.4 Å². The third kappa shape index (κ3) is 5.27. The van der Waals surface area contributed by atoms with Gasteiger partial charge >= 0.3 is 0 Å². The fourth-order valence-electron chi connectivity index (χ4n) is 3.14. The summed E-state index contributed by atoms with van der Waals surface area (Å²) in [6, 6.07) is 15.5. The molecule has 32 heavy (non-hydrogen) atoms. The normalized spacial score (nSPS) is 11.3. The van der Waals surface area contributed by atoms with E-state index in [9.17, 15) is 12.8 Å². The number of hydrogen-bond acceptors (Lipinski definition) is 6. The summed E-state index contributed by atoms with van der Waals surface area (Å²) in [4.78, 5) is 8.34. The van der Waals surface area contributed by atoms with E-state index in [-0.39, 0.29) is 5.75 Å². The van der Waals surface area contributed by atoms with E-state index < -0.39 is 15.8 Å². The van der Waals surface area contributed by atoms with Gasteiger partial charge in [-0.2, -0.15) is 5.10 Å². The van der Waals surface area contributed by atoms with Crippen LogP contribution in [0.15, 0.2) is 67.0 Å². The topological polar surface area (TPSA) is 99.0 Å². The zero-order chi connectivity index (χ0) is 22.7. The number of rotatable bonds is 7. The first-order valence-corrected chi connectivity index (χ1v) is 11.3. The van der Waals surface area contributed by atoms with Gasteiger partial charge in [-0.15, -0.1) is 0 Å². The van der Waals surface area contributed by atoms with E-state index in [1.54, 1.807) is 41.1 Å². The monoisotopic (exact) mass is 453 g/mol. The van der Waals surface area contributed by atoms with Crippen LogP contribution in [-0.2, 0) is 15.8 Å². The van der Waals surface area contributed by atoms with Crippen molar-refractivity contribution >= 4 is 15.7 Å². The van der Waals surface area contributed by atoms with E-state index in [1.807, 2.05) is 19.9 Å². The van der Waals surface area contributed by atoms with Gasteiger partial charge in [0, 0.05) is 17.4 Å². The van der Waals surface area contributed by atoms with Crippen LogP contribution in [0.25, 0.3) is 5.82 Å². The number of nitrogens with zero attached hydrogens (tertiary/aromatic N) is 4. The highest BCUT2D eigenvalue weighted by atomic mass is 32.2. The van der Waals surface area contributed by atoms with Gasteiger partial charge in [-0.3, -0.25) is 4.72 Å². The molecule has 0 saturated carbocycles. The summed E-state index contributed by atoms with van der Waals surface area (Å²) in [7, 11) is -3.70. The van der Waals surface area contributed by atoms with Crippen molar-refractivity contribution < 1.29 is 17.5 Å². The second kappa shape index (κ2) is 8.75. The quantitative estimate of drug-likeness (QED) is 0.451. The van der Waals surface area contributed by atoms with E-state index in [0.29, 0.717) is 28.7 Å². The summed E-state index contributed by atoms with van der Waals surface area (Å²) < 4.78 is 48.0. The molecule has 0 amide bonds. The standard InChI is InChI=1S/C22H20FN5O3S/c1-15-10-16(2)28(26-15)21-12-22(25-14-24-21)31-20-8-6-19(7-9-20)27-32(29,30)13-17-4-3-5-18(23)11-17/h3-12,14,27H,13H2,1-2H3. The van der Waals surface area contributed by atoms with Gasteiger partial charge in [0.15, 0.2) is 5.82 Å². The van der Waals surface area contributed by atoms with Crippen molar-refractivity contribution in [2.45, 2.75) is 19.6 Å². The second-order valence-corrected chi connectivity index (χ2v) is 8.89. The molecule has 4 rings (SSSR count). The van der Waals surface area contributed by atoms with Crippen LogP contribution in [0.3, 0.4) is 0 Å². The summed E-state index contributed by atoms with van der Waals surface area (Å²) in [6.07, 6.45) is 1.38. The Morgan fingerprint density at radius 3 is 2.50 bits per heavy atom. The van der Waals surface area contributed by atoms with Crippen LogP contribution in [0, 0.1) is 19.7 Å². The smallest absolute Gasteiger partial charge is 0.236 e. The Hall–Kier alpha value is -3.79. The maximum absolute atomic E-state index is 13.3. The molecule has 164 valence electrons. The lowest BCUT2D eigenvalue weighted by Crippen LogP contribution is -2.15. The van der Waals surface area contributed by atoms with Crippen molar-refractivity contribution in [2.24, 2.45) is 0 Å². The van der Waals surface area contributed by atoms with Gasteiger partial charge in [0.1, 0.15) is 17.9 Å². The number of aromatic nitrogens is 4. The molecular formula is C22H20FN5O3S. The number of hydrogen-bond donors (Lipinski definition) is 1. The molecule has 0 unspecified atom stereocenters. The Balaban J connectivity index is 1.44. The molecule has 0 atom stereocenters. The molecule has 0 radical (unpaired) electrons. The fourth-order valence-corrected chi connectivity index (χ4v) is 4.32. The van der Waals surface area contributed by atoms with Crippen LogP contribution in [0.4, 0.5) is 10.1 Å². The summed E-state index contributed by atoms with van der Waals surface area (Å²) >= 11 is 0. The predicted octanol–water partition coefficient (Wildman–Crippen LogP) is 4.15. The van der Waals surface area contributed by atoms with E-state index in [1.165, 1.54) is 24.5 Å². The van der Waals surface area contributed by atoms with Gasteiger partial charge in [-0.1, -0.05) is 12.1 Å². The number of halogens is 1. The SMILES string of the molecule is Cc1cc(C)n(-c2cc(Oc3ccc(NS(=O)(=O)Cc4cccc(F)c4)cc3)ncn2)n1. The first-order valence-electron chi connectivity index (χ1n) is 9.66. The van der Waals surface area contributed by atoms with Crippen molar-refractivity contribution in [3.8, 4) is 17.4 Å². The molecule has 0 aliphatic carbocycles. The average molecular weight is 453 g/mol. The first-order chi connectivity index (χ1) is 15.3. The average Bonchev–Trinajstić information content (AvgIpc) is 3.07. The Bertz CT molecular complexity index is 1350. The van der Waals surface area contributed by atoms with Crippen molar-refractivity contribution in [1.29, 1.82) is 0 Å². The highest BCUT2D eigenvalue weighted by Gasteiger charge is 2.13. The molecule has 0 spiro atoms. The van der Waals surface area contributed by atoms with Gasteiger partial charge in [0.25, 0.3) is 0 Å². The summed E-state index contributed by atoms with van der Waals surface area (Å²) in [5, 5.41) is 4.39. The highest BCUT2D eigenvalue weighted by molar-refractivity contribution is 7.91. The minimum Gasteiger partial charge on any atom is -0.439 e. The molecule has 1 N–H and O–H groups in total. The van der Waals surface area contributed by atoms with Crippen LogP contribution in [-0.4, -0.2) is 28.2 Å². The Kier molecular flexibility index (Phi) is 5.87. The van der Waals surface area contributed by atoms with Crippen molar-refractivity contribution in [1.82, 2.24) is 19.7 Å². The van der Waals surface area contributed by atoms with Gasteiger partial charge < -0.3 is 4.74 Å². The van der Waals surface area contributed by atoms with Gasteiger partial charge in [-0.25, -0.2) is 27.5 Å². The molecule has 0 fully saturated rings. The molecule has 10 heteroatoms. The van der Waals surface area contributed by atoms with Crippen molar-refractivity contribution in [3.63, 3.8) is 0 Å². The Morgan fingerprint density at radius 2 is 1.81 bits per heavy atom. The number of ether oxygens (including phenoxy) is 1. The fraction of sp³-hybridized carbons (Fsp3) is 0.136. The largest absolute Gasteiger partial charge is 0.439 e. The zero-order valence-electron chi connectivity index (χ0n) is 17.4. The van der Waals surface area contributed by atoms with Gasteiger partial charge in [0.05, 0.1) is 11.4 Å². The maximum atomic E-state index is 13.3. The molecule has 0 saturated heterocycles. The molecule has 4 aromatic rings. The van der Waals surface area contributed by atoms with Crippen LogP contribution in [0.1, 0.15) is 17.0 Å². The van der Waals surface area contributed by atoms with Crippen LogP contribution in [0.5, 0.6) is 11.6 Å². The predicted molar refractivity (Wildman–Crippen MR) is 118 cm³/mol. The summed E-state index contributed by atoms with van der Waals surface area (Å²) in [5.74, 6) is 0.546. The minimum absolute atomic E-state index is 0.321. The molecule has 2 heterocycles. The number of nitrogens with one attached hydrogen (secondary N) is 1. The first kappa shape index (κ1) is 21.4. The van der Waals surface area contributed by atoms with Crippen LogP contribution in [0.2, 0.25) is 0 Å². The number of sulfonamides is 1. The summed E-state index contributed by atoms with van der Waals surface area (Å²) in [6.45, 7) is 3.83. The lowest BCUT2D eigenvalue weighted by atomic mass is 10.2. The number of aryl methyl sites for hydroxylation is 2. The maximum Gasteiger partial charge on any atom is 0.236 e. The molecule has 2 aromatic heterocycles. The minimum atomic E-state index is -3.70. The second-order valence-electron chi connectivity index (χ2n) is 7.17. The molecule has 0 bridgehead atoms. The van der Waals surface area contributed by atoms with Crippen molar-refractivity contribution in [2.75, 3.05) is 4.72 Å². The lowest BCUT2D eigenvalue weighted by molar-refractivity contribution is 0.460. The lowest BCUT2D eigenvalue weighted by Gasteiger charge is -2.10. The van der Waals surface area contributed by atoms with E-state index in [4.69, 9.17) is 4.74 Å². The molecular weight excluding hydrogens is 433 g/mol. The third-order valence-corrected chi connectivity index (χ3v) is 5.71. The van der Waals surface area contributed by atoms with Crippen LogP contribution >= 0.6 is 0 Å². The summed E-state index contributed by atoms with van der Waals surface area (Å²) in [5.41, 5.74) is 2.53. The van der Waals surface area contributed by atoms with Gasteiger partial charge in [-0.05, 0) is 61.9 Å². The number of benzene rings is 2. The van der Waals surface area contributed by atoms with E-state index >= 15 is 0 Å². The molecule has 0 aliphatic heterocycles. The highest BCUT2D eigenvalue weighted by Crippen LogP contribution is 2.23. The van der Waals surface area contributed by atoms with Crippen molar-refractivity contribution in [3.05, 3.63) is 89.8 Å². The third-order valence-electron chi connectivity index (χ3n) is 4.45. The molecule has 8 nitrogen and oxygen atoms in total. The Morgan fingerprint density at radius 1 is 1.03 bits per heavy atom. The zero-order valence-corrected chi connectivity index (χ0v) is 18.2. The number of anilines is 1. The van der Waals surface area contributed by atoms with E-state index in [2.05, 4.69) is 19.8 Å².